The highest BCUT2D eigenvalue weighted by molar-refractivity contribution is 7.89. The minimum absolute atomic E-state index is 0.254. The molecule has 4 nitrogen and oxygen atoms in total. The van der Waals surface area contributed by atoms with E-state index >= 15 is 0 Å². The van der Waals surface area contributed by atoms with Crippen molar-refractivity contribution in [2.45, 2.75) is 17.7 Å². The molecule has 1 N–H and O–H groups in total. The van der Waals surface area contributed by atoms with Gasteiger partial charge in [0.1, 0.15) is 16.5 Å². The Morgan fingerprint density at radius 1 is 1.30 bits per heavy atom. The van der Waals surface area contributed by atoms with E-state index in [0.717, 1.165) is 38.1 Å². The van der Waals surface area contributed by atoms with Crippen molar-refractivity contribution in [2.75, 3.05) is 26.7 Å². The summed E-state index contributed by atoms with van der Waals surface area (Å²) in [5.41, 5.74) is 0. The molecule has 7 heteroatoms. The number of piperidine rings is 1. The van der Waals surface area contributed by atoms with Gasteiger partial charge in [-0.25, -0.2) is 21.9 Å². The Hall–Kier alpha value is -1.05. The summed E-state index contributed by atoms with van der Waals surface area (Å²) in [5, 5.41) is 0. The van der Waals surface area contributed by atoms with Crippen LogP contribution < -0.4 is 4.72 Å². The van der Waals surface area contributed by atoms with E-state index in [9.17, 15) is 17.2 Å². The molecule has 0 unspecified atom stereocenters. The van der Waals surface area contributed by atoms with Crippen LogP contribution >= 0.6 is 0 Å². The lowest BCUT2D eigenvalue weighted by molar-refractivity contribution is 0.220. The normalized spacial score (nSPS) is 18.4. The molecule has 1 aliphatic heterocycles. The highest BCUT2D eigenvalue weighted by Crippen LogP contribution is 2.18. The highest BCUT2D eigenvalue weighted by atomic mass is 32.2. The van der Waals surface area contributed by atoms with Gasteiger partial charge in [0, 0.05) is 12.6 Å². The lowest BCUT2D eigenvalue weighted by Crippen LogP contribution is -2.37. The predicted octanol–water partition coefficient (Wildman–Crippen LogP) is 1.58. The van der Waals surface area contributed by atoms with E-state index in [1.54, 1.807) is 0 Å². The fraction of sp³-hybridized carbons (Fsp3) is 0.538. The standard InChI is InChI=1S/C13H18F2N2O2S/c1-17-6-4-10(5-7-17)9-16-20(18,19)13-3-2-11(14)8-12(13)15/h2-3,8,10,16H,4-7,9H2,1H3. The van der Waals surface area contributed by atoms with Crippen molar-refractivity contribution in [1.29, 1.82) is 0 Å². The topological polar surface area (TPSA) is 49.4 Å². The minimum Gasteiger partial charge on any atom is -0.306 e. The molecule has 0 atom stereocenters. The van der Waals surface area contributed by atoms with Gasteiger partial charge in [-0.1, -0.05) is 0 Å². The molecule has 0 aromatic heterocycles. The quantitative estimate of drug-likeness (QED) is 0.919. The molecule has 112 valence electrons. The van der Waals surface area contributed by atoms with E-state index in [4.69, 9.17) is 0 Å². The first kappa shape index (κ1) is 15.3. The lowest BCUT2D eigenvalue weighted by atomic mass is 9.98. The van der Waals surface area contributed by atoms with E-state index in [-0.39, 0.29) is 12.5 Å². The zero-order valence-corrected chi connectivity index (χ0v) is 12.1. The van der Waals surface area contributed by atoms with Gasteiger partial charge in [0.25, 0.3) is 0 Å². The predicted molar refractivity (Wildman–Crippen MR) is 71.8 cm³/mol. The zero-order valence-electron chi connectivity index (χ0n) is 11.3. The smallest absolute Gasteiger partial charge is 0.243 e. The number of sulfonamides is 1. The molecule has 0 spiro atoms. The number of hydrogen-bond acceptors (Lipinski definition) is 3. The maximum absolute atomic E-state index is 13.5. The SMILES string of the molecule is CN1CCC(CNS(=O)(=O)c2ccc(F)cc2F)CC1. The molecule has 1 aromatic rings. The molecule has 1 heterocycles. The molecule has 20 heavy (non-hydrogen) atoms. The van der Waals surface area contributed by atoms with E-state index in [2.05, 4.69) is 9.62 Å². The Kier molecular flexibility index (Phi) is 4.72. The molecule has 1 aliphatic rings. The second-order valence-electron chi connectivity index (χ2n) is 5.17. The van der Waals surface area contributed by atoms with Crippen molar-refractivity contribution in [3.63, 3.8) is 0 Å². The fourth-order valence-electron chi connectivity index (χ4n) is 2.26. The first-order valence-corrected chi connectivity index (χ1v) is 8.00. The van der Waals surface area contributed by atoms with Crippen molar-refractivity contribution < 1.29 is 17.2 Å². The first-order chi connectivity index (χ1) is 9.38. The van der Waals surface area contributed by atoms with Crippen molar-refractivity contribution in [3.8, 4) is 0 Å². The van der Waals surface area contributed by atoms with Crippen molar-refractivity contribution in [1.82, 2.24) is 9.62 Å². The van der Waals surface area contributed by atoms with Gasteiger partial charge in [0.2, 0.25) is 10.0 Å². The summed E-state index contributed by atoms with van der Waals surface area (Å²) < 4.78 is 52.7. The number of hydrogen-bond donors (Lipinski definition) is 1. The summed E-state index contributed by atoms with van der Waals surface area (Å²) in [7, 11) is -1.90. The van der Waals surface area contributed by atoms with Crippen LogP contribution in [0.5, 0.6) is 0 Å². The second kappa shape index (κ2) is 6.15. The molecule has 0 amide bonds. The van der Waals surface area contributed by atoms with Gasteiger partial charge in [0.15, 0.2) is 0 Å². The van der Waals surface area contributed by atoms with Crippen LogP contribution in [0.4, 0.5) is 8.78 Å². The Balaban J connectivity index is 2.00. The van der Waals surface area contributed by atoms with Crippen LogP contribution in [0.15, 0.2) is 23.1 Å². The summed E-state index contributed by atoms with van der Waals surface area (Å²) in [4.78, 5) is 1.68. The van der Waals surface area contributed by atoms with Gasteiger partial charge in [-0.15, -0.1) is 0 Å². The van der Waals surface area contributed by atoms with Crippen LogP contribution in [0.3, 0.4) is 0 Å². The Bertz CT molecular complexity index is 570. The Labute approximate surface area is 117 Å². The second-order valence-corrected chi connectivity index (χ2v) is 6.91. The zero-order chi connectivity index (χ0) is 14.8. The third-order valence-electron chi connectivity index (χ3n) is 3.58. The molecule has 0 bridgehead atoms. The van der Waals surface area contributed by atoms with Crippen LogP contribution in [-0.2, 0) is 10.0 Å². The molecular formula is C13H18F2N2O2S. The van der Waals surface area contributed by atoms with E-state index in [1.165, 1.54) is 0 Å². The number of likely N-dealkylation sites (tertiary alicyclic amines) is 1. The Morgan fingerprint density at radius 3 is 2.55 bits per heavy atom. The molecule has 0 aliphatic carbocycles. The summed E-state index contributed by atoms with van der Waals surface area (Å²) >= 11 is 0. The molecule has 0 radical (unpaired) electrons. The fourth-order valence-corrected chi connectivity index (χ4v) is 3.44. The van der Waals surface area contributed by atoms with Gasteiger partial charge in [0.05, 0.1) is 0 Å². The molecule has 2 rings (SSSR count). The first-order valence-electron chi connectivity index (χ1n) is 6.52. The summed E-state index contributed by atoms with van der Waals surface area (Å²) in [6, 6.07) is 2.46. The van der Waals surface area contributed by atoms with Gasteiger partial charge in [-0.05, 0) is 51.0 Å². The maximum Gasteiger partial charge on any atom is 0.243 e. The number of benzene rings is 1. The van der Waals surface area contributed by atoms with Crippen LogP contribution in [0.25, 0.3) is 0 Å². The average Bonchev–Trinajstić information content (AvgIpc) is 2.37. The highest BCUT2D eigenvalue weighted by Gasteiger charge is 2.22. The number of rotatable bonds is 4. The molecule has 1 fully saturated rings. The lowest BCUT2D eigenvalue weighted by Gasteiger charge is -2.28. The average molecular weight is 304 g/mol. The van der Waals surface area contributed by atoms with Crippen LogP contribution in [-0.4, -0.2) is 40.0 Å². The number of nitrogens with one attached hydrogen (secondary N) is 1. The van der Waals surface area contributed by atoms with Gasteiger partial charge in [-0.3, -0.25) is 0 Å². The minimum atomic E-state index is -3.93. The van der Waals surface area contributed by atoms with E-state index in [0.29, 0.717) is 6.07 Å². The largest absolute Gasteiger partial charge is 0.306 e. The molecular weight excluding hydrogens is 286 g/mol. The van der Waals surface area contributed by atoms with Crippen molar-refractivity contribution >= 4 is 10.0 Å². The van der Waals surface area contributed by atoms with Gasteiger partial charge < -0.3 is 4.90 Å². The van der Waals surface area contributed by atoms with Crippen LogP contribution in [0, 0.1) is 17.6 Å². The maximum atomic E-state index is 13.5. The van der Waals surface area contributed by atoms with Gasteiger partial charge >= 0.3 is 0 Å². The van der Waals surface area contributed by atoms with Crippen LogP contribution in [0.1, 0.15) is 12.8 Å². The number of nitrogens with zero attached hydrogens (tertiary/aromatic N) is 1. The monoisotopic (exact) mass is 304 g/mol. The summed E-state index contributed by atoms with van der Waals surface area (Å²) in [6.07, 6.45) is 1.82. The van der Waals surface area contributed by atoms with E-state index < -0.39 is 26.6 Å². The van der Waals surface area contributed by atoms with Crippen molar-refractivity contribution in [3.05, 3.63) is 29.8 Å². The molecule has 1 saturated heterocycles. The Morgan fingerprint density at radius 2 is 1.95 bits per heavy atom. The van der Waals surface area contributed by atoms with Crippen molar-refractivity contribution in [2.24, 2.45) is 5.92 Å². The molecule has 0 saturated carbocycles. The third-order valence-corrected chi connectivity index (χ3v) is 5.04. The van der Waals surface area contributed by atoms with E-state index in [1.807, 2.05) is 7.05 Å². The van der Waals surface area contributed by atoms with Gasteiger partial charge in [-0.2, -0.15) is 0 Å². The number of halogens is 2. The summed E-state index contributed by atoms with van der Waals surface area (Å²) in [5.74, 6) is -1.61. The van der Waals surface area contributed by atoms with Crippen LogP contribution in [0.2, 0.25) is 0 Å². The molecule has 1 aromatic carbocycles. The third kappa shape index (κ3) is 3.74. The summed E-state index contributed by atoms with van der Waals surface area (Å²) in [6.45, 7) is 2.14.